The van der Waals surface area contributed by atoms with Crippen molar-refractivity contribution in [2.45, 2.75) is 63.8 Å². The molecule has 2 aromatic carbocycles. The van der Waals surface area contributed by atoms with E-state index < -0.39 is 13.0 Å². The van der Waals surface area contributed by atoms with Crippen molar-refractivity contribution in [3.05, 3.63) is 48.2 Å². The van der Waals surface area contributed by atoms with Gasteiger partial charge in [0.25, 0.3) is 6.43 Å². The molecular formula is C37H43F2N7O3. The molecule has 8 rings (SSSR count). The summed E-state index contributed by atoms with van der Waals surface area (Å²) in [4.78, 5) is 28.6. The van der Waals surface area contributed by atoms with E-state index in [4.69, 9.17) is 19.4 Å². The van der Waals surface area contributed by atoms with E-state index in [9.17, 15) is 13.6 Å². The first-order valence-electron chi connectivity index (χ1n) is 17.5. The molecule has 5 heterocycles. The van der Waals surface area contributed by atoms with Crippen LogP contribution in [0, 0.1) is 12.3 Å². The Morgan fingerprint density at radius 3 is 2.59 bits per heavy atom. The number of carbonyl (C=O) groups is 1. The normalized spacial score (nSPS) is 20.8. The Balaban J connectivity index is 1.27. The van der Waals surface area contributed by atoms with Crippen LogP contribution in [0.2, 0.25) is 0 Å². The highest BCUT2D eigenvalue weighted by molar-refractivity contribution is 6.06. The number of aromatic amines is 1. The Morgan fingerprint density at radius 1 is 1.10 bits per heavy atom. The SMILES string of the molecule is C=CC(=O)N1CC2(CCN(c3nc(OC[C@@H]4CCCN4C)nc4c(OCC(F)F)c(-c5c(C)ccc6[nH]ncc56)c(C5CC5)cc34)CC2)C1. The van der Waals surface area contributed by atoms with E-state index in [0.29, 0.717) is 17.9 Å². The molecule has 1 atom stereocenters. The molecule has 49 heavy (non-hydrogen) atoms. The summed E-state index contributed by atoms with van der Waals surface area (Å²) in [6, 6.07) is 6.67. The van der Waals surface area contributed by atoms with Gasteiger partial charge in [-0.1, -0.05) is 12.6 Å². The molecule has 0 bridgehead atoms. The highest BCUT2D eigenvalue weighted by Crippen LogP contribution is 2.53. The number of likely N-dealkylation sites (N-methyl/N-ethyl adjacent to an activating group) is 1. The number of likely N-dealkylation sites (tertiary alicyclic amines) is 2. The summed E-state index contributed by atoms with van der Waals surface area (Å²) in [6.07, 6.45) is 6.48. The van der Waals surface area contributed by atoms with Crippen molar-refractivity contribution in [2.24, 2.45) is 5.41 Å². The lowest BCUT2D eigenvalue weighted by Gasteiger charge is -2.54. The molecule has 1 amide bonds. The van der Waals surface area contributed by atoms with Crippen molar-refractivity contribution in [3.63, 3.8) is 0 Å². The van der Waals surface area contributed by atoms with E-state index in [0.717, 1.165) is 116 Å². The molecule has 2 aromatic heterocycles. The van der Waals surface area contributed by atoms with Gasteiger partial charge in [-0.15, -0.1) is 0 Å². The smallest absolute Gasteiger partial charge is 0.319 e. The Kier molecular flexibility index (Phi) is 8.16. The van der Waals surface area contributed by atoms with Gasteiger partial charge in [0.05, 0.1) is 11.7 Å². The van der Waals surface area contributed by atoms with Crippen LogP contribution in [-0.2, 0) is 4.79 Å². The minimum atomic E-state index is -2.67. The van der Waals surface area contributed by atoms with E-state index in [2.05, 4.69) is 39.7 Å². The third-order valence-corrected chi connectivity index (χ3v) is 11.1. The number of amides is 1. The fourth-order valence-electron chi connectivity index (χ4n) is 8.16. The van der Waals surface area contributed by atoms with Crippen molar-refractivity contribution in [3.8, 4) is 22.9 Å². The quantitative estimate of drug-likeness (QED) is 0.202. The number of rotatable bonds is 10. The summed E-state index contributed by atoms with van der Waals surface area (Å²) in [7, 11) is 2.10. The molecule has 3 aliphatic heterocycles. The third kappa shape index (κ3) is 5.87. The lowest BCUT2D eigenvalue weighted by atomic mass is 9.72. The number of ether oxygens (including phenoxy) is 2. The number of anilines is 1. The number of benzene rings is 2. The van der Waals surface area contributed by atoms with Crippen LogP contribution in [-0.4, -0.2) is 101 Å². The molecular weight excluding hydrogens is 628 g/mol. The van der Waals surface area contributed by atoms with Crippen molar-refractivity contribution < 1.29 is 23.0 Å². The van der Waals surface area contributed by atoms with E-state index in [1.54, 1.807) is 6.20 Å². The van der Waals surface area contributed by atoms with Gasteiger partial charge in [0.2, 0.25) is 5.91 Å². The lowest BCUT2D eigenvalue weighted by Crippen LogP contribution is -2.61. The number of piperidine rings is 1. The van der Waals surface area contributed by atoms with Crippen LogP contribution < -0.4 is 14.4 Å². The first-order chi connectivity index (χ1) is 23.7. The molecule has 0 unspecified atom stereocenters. The Bertz CT molecular complexity index is 1910. The van der Waals surface area contributed by atoms with Gasteiger partial charge < -0.3 is 24.2 Å². The summed E-state index contributed by atoms with van der Waals surface area (Å²) >= 11 is 0. The fourth-order valence-corrected chi connectivity index (χ4v) is 8.16. The van der Waals surface area contributed by atoms with Crippen LogP contribution >= 0.6 is 0 Å². The van der Waals surface area contributed by atoms with Crippen LogP contribution in [0.1, 0.15) is 55.6 Å². The number of alkyl halides is 2. The standard InChI is InChI=1S/C37H43F2N7O3/c1-4-30(47)46-20-37(21-46)11-14-45(15-12-37)35-26-16-25(23-8-9-23)32(31-22(2)7-10-28-27(31)17-40-43-28)34(48-19-29(38)39)33(26)41-36(42-35)49-18-24-6-5-13-44(24)3/h4,7,10,16-17,23-24,29H,1,5-6,8-9,11-15,18-21H2,2-3H3,(H,40,43)/t24-/m0/s1. The second kappa shape index (κ2) is 12.5. The second-order valence-corrected chi connectivity index (χ2v) is 14.4. The molecule has 1 N–H and O–H groups in total. The average Bonchev–Trinajstić information content (AvgIpc) is 3.68. The second-order valence-electron chi connectivity index (χ2n) is 14.4. The lowest BCUT2D eigenvalue weighted by molar-refractivity contribution is -0.139. The first-order valence-corrected chi connectivity index (χ1v) is 17.5. The highest BCUT2D eigenvalue weighted by Gasteiger charge is 2.46. The van der Waals surface area contributed by atoms with Gasteiger partial charge in [0.1, 0.15) is 24.5 Å². The predicted molar refractivity (Wildman–Crippen MR) is 185 cm³/mol. The maximum Gasteiger partial charge on any atom is 0.319 e. The zero-order valence-electron chi connectivity index (χ0n) is 28.2. The van der Waals surface area contributed by atoms with Crippen LogP contribution in [0.5, 0.6) is 11.8 Å². The molecule has 1 saturated carbocycles. The monoisotopic (exact) mass is 671 g/mol. The highest BCUT2D eigenvalue weighted by atomic mass is 19.3. The zero-order chi connectivity index (χ0) is 33.9. The van der Waals surface area contributed by atoms with E-state index in [1.807, 2.05) is 24.0 Å². The van der Waals surface area contributed by atoms with E-state index in [1.165, 1.54) is 6.08 Å². The van der Waals surface area contributed by atoms with Crippen LogP contribution in [0.4, 0.5) is 14.6 Å². The molecule has 12 heteroatoms. The average molecular weight is 672 g/mol. The topological polar surface area (TPSA) is 99.7 Å². The molecule has 0 radical (unpaired) electrons. The van der Waals surface area contributed by atoms with Crippen molar-refractivity contribution in [2.75, 3.05) is 57.9 Å². The molecule has 10 nitrogen and oxygen atoms in total. The number of aryl methyl sites for hydroxylation is 1. The Hall–Kier alpha value is -4.32. The number of fused-ring (bicyclic) bond motifs is 2. The van der Waals surface area contributed by atoms with Crippen molar-refractivity contribution in [1.29, 1.82) is 0 Å². The maximum atomic E-state index is 14.0. The summed E-state index contributed by atoms with van der Waals surface area (Å²) in [5.41, 5.74) is 5.20. The molecule has 258 valence electrons. The summed E-state index contributed by atoms with van der Waals surface area (Å²) < 4.78 is 40.4. The van der Waals surface area contributed by atoms with Gasteiger partial charge in [-0.25, -0.2) is 8.78 Å². The van der Waals surface area contributed by atoms with E-state index >= 15 is 0 Å². The number of hydrogen-bond donors (Lipinski definition) is 1. The summed E-state index contributed by atoms with van der Waals surface area (Å²) in [5, 5.41) is 9.08. The summed E-state index contributed by atoms with van der Waals surface area (Å²) in [5.74, 6) is 1.32. The number of hydrogen-bond acceptors (Lipinski definition) is 8. The van der Waals surface area contributed by atoms with Gasteiger partial charge in [-0.3, -0.25) is 9.89 Å². The minimum Gasteiger partial charge on any atom is -0.485 e. The number of nitrogens with one attached hydrogen (secondary N) is 1. The number of H-pyrrole nitrogens is 1. The van der Waals surface area contributed by atoms with Crippen molar-refractivity contribution in [1.82, 2.24) is 30.0 Å². The van der Waals surface area contributed by atoms with Gasteiger partial charge in [0.15, 0.2) is 5.75 Å². The van der Waals surface area contributed by atoms with Gasteiger partial charge in [-0.2, -0.15) is 15.1 Å². The molecule has 4 aromatic rings. The van der Waals surface area contributed by atoms with Crippen molar-refractivity contribution >= 4 is 33.5 Å². The minimum absolute atomic E-state index is 0.0226. The zero-order valence-corrected chi connectivity index (χ0v) is 28.2. The van der Waals surface area contributed by atoms with Crippen LogP contribution in [0.15, 0.2) is 37.1 Å². The number of carbonyl (C=O) groups excluding carboxylic acids is 1. The third-order valence-electron chi connectivity index (χ3n) is 11.1. The van der Waals surface area contributed by atoms with Crippen LogP contribution in [0.3, 0.4) is 0 Å². The van der Waals surface area contributed by atoms with E-state index in [-0.39, 0.29) is 29.3 Å². The predicted octanol–water partition coefficient (Wildman–Crippen LogP) is 6.09. The largest absolute Gasteiger partial charge is 0.485 e. The van der Waals surface area contributed by atoms with Crippen LogP contribution in [0.25, 0.3) is 32.9 Å². The molecule has 3 saturated heterocycles. The number of aromatic nitrogens is 4. The fraction of sp³-hybridized carbons (Fsp3) is 0.514. The number of nitrogens with zero attached hydrogens (tertiary/aromatic N) is 6. The molecule has 4 aliphatic rings. The van der Waals surface area contributed by atoms with Gasteiger partial charge in [-0.05, 0) is 99.9 Å². The van der Waals surface area contributed by atoms with Gasteiger partial charge in [0, 0.05) is 54.0 Å². The Morgan fingerprint density at radius 2 is 1.90 bits per heavy atom. The summed E-state index contributed by atoms with van der Waals surface area (Å²) in [6.45, 7) is 9.33. The Labute approximate surface area is 284 Å². The molecule has 1 aliphatic carbocycles. The molecule has 1 spiro atoms. The molecule has 4 fully saturated rings. The maximum absolute atomic E-state index is 14.0. The first kappa shape index (κ1) is 31.9. The number of halogens is 2. The van der Waals surface area contributed by atoms with Gasteiger partial charge >= 0.3 is 6.01 Å².